The molecule has 1 amide bonds. The summed E-state index contributed by atoms with van der Waals surface area (Å²) < 4.78 is 6.93. The molecule has 1 aliphatic carbocycles. The van der Waals surface area contributed by atoms with Gasteiger partial charge in [0.2, 0.25) is 10.9 Å². The summed E-state index contributed by atoms with van der Waals surface area (Å²) in [5.74, 6) is 2.19. The molecule has 3 aromatic rings. The minimum Gasteiger partial charge on any atom is -0.497 e. The van der Waals surface area contributed by atoms with Crippen molar-refractivity contribution in [3.05, 3.63) is 35.1 Å². The highest BCUT2D eigenvalue weighted by Crippen LogP contribution is 2.39. The highest BCUT2D eigenvalue weighted by molar-refractivity contribution is 7.16. The van der Waals surface area contributed by atoms with E-state index in [0.717, 1.165) is 40.1 Å². The molecule has 0 aliphatic heterocycles. The molecule has 1 N–H and O–H groups in total. The van der Waals surface area contributed by atoms with Crippen molar-refractivity contribution in [2.24, 2.45) is 0 Å². The molecule has 124 valence electrons. The molecule has 2 aromatic heterocycles. The predicted molar refractivity (Wildman–Crippen MR) is 90.6 cm³/mol. The Balaban J connectivity index is 1.36. The molecule has 4 rings (SSSR count). The van der Waals surface area contributed by atoms with E-state index in [4.69, 9.17) is 4.74 Å². The maximum Gasteiger partial charge on any atom is 0.234 e. The molecule has 0 bridgehead atoms. The zero-order valence-corrected chi connectivity index (χ0v) is 14.0. The number of aryl methyl sites for hydroxylation is 1. The number of ether oxygens (including phenoxy) is 1. The minimum absolute atomic E-state index is 0.0338. The van der Waals surface area contributed by atoms with Crippen LogP contribution in [-0.2, 0) is 11.2 Å². The van der Waals surface area contributed by atoms with Crippen LogP contribution in [0.25, 0.3) is 4.96 Å². The Morgan fingerprint density at radius 1 is 1.33 bits per heavy atom. The van der Waals surface area contributed by atoms with Gasteiger partial charge in [0.25, 0.3) is 0 Å². The number of hydrogen-bond donors (Lipinski definition) is 1. The van der Waals surface area contributed by atoms with Crippen molar-refractivity contribution in [1.29, 1.82) is 0 Å². The maximum absolute atomic E-state index is 12.1. The standard InChI is InChI=1S/C16H17N5O2S/c1-23-12-6-4-11(5-7-12)17-13(22)8-9-14-20-21-15(10-2-3-10)18-19-16(21)24-14/h4-7,10H,2-3,8-9H2,1H3,(H,17,22). The second-order valence-corrected chi connectivity index (χ2v) is 6.84. The van der Waals surface area contributed by atoms with Gasteiger partial charge in [-0.3, -0.25) is 4.79 Å². The molecule has 0 saturated heterocycles. The largest absolute Gasteiger partial charge is 0.497 e. The van der Waals surface area contributed by atoms with E-state index in [9.17, 15) is 4.79 Å². The monoisotopic (exact) mass is 343 g/mol. The first kappa shape index (κ1) is 15.1. The quantitative estimate of drug-likeness (QED) is 0.744. The van der Waals surface area contributed by atoms with E-state index in [1.165, 1.54) is 11.3 Å². The van der Waals surface area contributed by atoms with Gasteiger partial charge in [0.1, 0.15) is 10.8 Å². The lowest BCUT2D eigenvalue weighted by atomic mass is 10.2. The van der Waals surface area contributed by atoms with Gasteiger partial charge >= 0.3 is 0 Å². The third-order valence-electron chi connectivity index (χ3n) is 3.94. The number of benzene rings is 1. The smallest absolute Gasteiger partial charge is 0.234 e. The Bertz CT molecular complexity index is 866. The molecule has 1 aromatic carbocycles. The molecule has 24 heavy (non-hydrogen) atoms. The number of carbonyl (C=O) groups excluding carboxylic acids is 1. The average molecular weight is 343 g/mol. The zero-order valence-electron chi connectivity index (χ0n) is 13.2. The number of fused-ring (bicyclic) bond motifs is 1. The number of carbonyl (C=O) groups is 1. The van der Waals surface area contributed by atoms with Crippen LogP contribution in [0.4, 0.5) is 5.69 Å². The topological polar surface area (TPSA) is 81.4 Å². The maximum atomic E-state index is 12.1. The van der Waals surface area contributed by atoms with Crippen LogP contribution in [0.5, 0.6) is 5.75 Å². The van der Waals surface area contributed by atoms with E-state index in [1.807, 2.05) is 28.8 Å². The van der Waals surface area contributed by atoms with Gasteiger partial charge < -0.3 is 10.1 Å². The molecule has 2 heterocycles. The number of methoxy groups -OCH3 is 1. The van der Waals surface area contributed by atoms with Crippen LogP contribution in [0.1, 0.15) is 36.0 Å². The lowest BCUT2D eigenvalue weighted by Gasteiger charge is -2.05. The second-order valence-electron chi connectivity index (χ2n) is 5.80. The number of anilines is 1. The van der Waals surface area contributed by atoms with E-state index >= 15 is 0 Å². The van der Waals surface area contributed by atoms with Gasteiger partial charge in [0.15, 0.2) is 5.82 Å². The number of aromatic nitrogens is 4. The van der Waals surface area contributed by atoms with Crippen LogP contribution < -0.4 is 10.1 Å². The summed E-state index contributed by atoms with van der Waals surface area (Å²) in [5.41, 5.74) is 0.759. The first-order chi connectivity index (χ1) is 11.7. The predicted octanol–water partition coefficient (Wildman–Crippen LogP) is 2.64. The lowest BCUT2D eigenvalue weighted by Crippen LogP contribution is -2.12. The highest BCUT2D eigenvalue weighted by atomic mass is 32.1. The molecule has 0 radical (unpaired) electrons. The SMILES string of the molecule is COc1ccc(NC(=O)CCc2nn3c(C4CC4)nnc3s2)cc1. The fourth-order valence-corrected chi connectivity index (χ4v) is 3.33. The summed E-state index contributed by atoms with van der Waals surface area (Å²) in [6, 6.07) is 7.28. The van der Waals surface area contributed by atoms with Gasteiger partial charge in [-0.1, -0.05) is 11.3 Å². The number of amides is 1. The van der Waals surface area contributed by atoms with E-state index in [2.05, 4.69) is 20.6 Å². The van der Waals surface area contributed by atoms with Crippen molar-refractivity contribution in [2.75, 3.05) is 12.4 Å². The zero-order chi connectivity index (χ0) is 16.5. The number of nitrogens with zero attached hydrogens (tertiary/aromatic N) is 4. The summed E-state index contributed by atoms with van der Waals surface area (Å²) in [4.78, 5) is 12.9. The van der Waals surface area contributed by atoms with Gasteiger partial charge in [-0.15, -0.1) is 10.2 Å². The van der Waals surface area contributed by atoms with Crippen molar-refractivity contribution in [3.63, 3.8) is 0 Å². The van der Waals surface area contributed by atoms with Gasteiger partial charge in [0, 0.05) is 24.4 Å². The van der Waals surface area contributed by atoms with Crippen LogP contribution in [0.3, 0.4) is 0 Å². The van der Waals surface area contributed by atoms with Crippen molar-refractivity contribution in [1.82, 2.24) is 19.8 Å². The minimum atomic E-state index is -0.0338. The summed E-state index contributed by atoms with van der Waals surface area (Å²) in [7, 11) is 1.61. The van der Waals surface area contributed by atoms with Gasteiger partial charge in [-0.2, -0.15) is 9.61 Å². The average Bonchev–Trinajstić information content (AvgIpc) is 3.23. The first-order valence-electron chi connectivity index (χ1n) is 7.88. The molecule has 8 heteroatoms. The Hall–Kier alpha value is -2.48. The summed E-state index contributed by atoms with van der Waals surface area (Å²) in [6.45, 7) is 0. The fraction of sp³-hybridized carbons (Fsp3) is 0.375. The van der Waals surface area contributed by atoms with Crippen molar-refractivity contribution in [3.8, 4) is 5.75 Å². The summed E-state index contributed by atoms with van der Waals surface area (Å²) >= 11 is 1.50. The number of rotatable bonds is 6. The van der Waals surface area contributed by atoms with Gasteiger partial charge in [-0.25, -0.2) is 0 Å². The third kappa shape index (κ3) is 3.09. The second kappa shape index (κ2) is 6.20. The highest BCUT2D eigenvalue weighted by Gasteiger charge is 2.30. The first-order valence-corrected chi connectivity index (χ1v) is 8.69. The summed E-state index contributed by atoms with van der Waals surface area (Å²) in [5, 5.41) is 16.7. The summed E-state index contributed by atoms with van der Waals surface area (Å²) in [6.07, 6.45) is 3.31. The molecule has 1 saturated carbocycles. The van der Waals surface area contributed by atoms with Crippen LogP contribution in [0.2, 0.25) is 0 Å². The third-order valence-corrected chi connectivity index (χ3v) is 4.90. The number of nitrogens with one attached hydrogen (secondary N) is 1. The normalized spacial score (nSPS) is 14.0. The Morgan fingerprint density at radius 3 is 2.83 bits per heavy atom. The molecule has 7 nitrogen and oxygen atoms in total. The molecular weight excluding hydrogens is 326 g/mol. The molecular formula is C16H17N5O2S. The van der Waals surface area contributed by atoms with Crippen LogP contribution >= 0.6 is 11.3 Å². The van der Waals surface area contributed by atoms with Crippen molar-refractivity contribution < 1.29 is 9.53 Å². The van der Waals surface area contributed by atoms with Crippen LogP contribution in [0, 0.1) is 0 Å². The van der Waals surface area contributed by atoms with Crippen LogP contribution in [0.15, 0.2) is 24.3 Å². The molecule has 0 unspecified atom stereocenters. The molecule has 1 aliphatic rings. The Kier molecular flexibility index (Phi) is 3.89. The van der Waals surface area contributed by atoms with E-state index in [-0.39, 0.29) is 5.91 Å². The van der Waals surface area contributed by atoms with Gasteiger partial charge in [0.05, 0.1) is 7.11 Å². The van der Waals surface area contributed by atoms with E-state index < -0.39 is 0 Å². The van der Waals surface area contributed by atoms with Crippen molar-refractivity contribution >= 4 is 27.9 Å². The molecule has 0 spiro atoms. The van der Waals surface area contributed by atoms with Crippen LogP contribution in [-0.4, -0.2) is 32.8 Å². The fourth-order valence-electron chi connectivity index (χ4n) is 2.49. The molecule has 0 atom stereocenters. The Morgan fingerprint density at radius 2 is 2.12 bits per heavy atom. The van der Waals surface area contributed by atoms with E-state index in [1.54, 1.807) is 7.11 Å². The van der Waals surface area contributed by atoms with Gasteiger partial charge in [-0.05, 0) is 37.1 Å². The van der Waals surface area contributed by atoms with E-state index in [0.29, 0.717) is 18.8 Å². The lowest BCUT2D eigenvalue weighted by molar-refractivity contribution is -0.116. The van der Waals surface area contributed by atoms with Crippen molar-refractivity contribution in [2.45, 2.75) is 31.6 Å². The molecule has 1 fully saturated rings. The Labute approximate surface area is 142 Å². The number of hydrogen-bond acceptors (Lipinski definition) is 6.